The van der Waals surface area contributed by atoms with E-state index < -0.39 is 0 Å². The average molecular weight is 219 g/mol. The highest BCUT2D eigenvalue weighted by Gasteiger charge is 2.23. The molecule has 1 N–H and O–H groups in total. The van der Waals surface area contributed by atoms with Crippen LogP contribution in [0, 0.1) is 5.92 Å². The molecule has 0 saturated heterocycles. The van der Waals surface area contributed by atoms with Crippen LogP contribution in [-0.2, 0) is 0 Å². The summed E-state index contributed by atoms with van der Waals surface area (Å²) in [6, 6.07) is 10.3. The Balaban J connectivity index is 1.89. The summed E-state index contributed by atoms with van der Waals surface area (Å²) in [5.41, 5.74) is 1.18. The Morgan fingerprint density at radius 3 is 2.50 bits per heavy atom. The van der Waals surface area contributed by atoms with Crippen LogP contribution in [0.1, 0.15) is 25.7 Å². The van der Waals surface area contributed by atoms with Crippen LogP contribution in [0.2, 0.25) is 0 Å². The fourth-order valence-electron chi connectivity index (χ4n) is 2.56. The molecule has 0 heterocycles. The standard InChI is InChI=1S/C14H21NO/c1-15(13-9-3-2-4-10-13)11-14(16)12-7-5-6-8-12/h2-4,9-10,12,14,16H,5-8,11H2,1H3. The molecule has 2 nitrogen and oxygen atoms in total. The molecule has 1 aromatic rings. The summed E-state index contributed by atoms with van der Waals surface area (Å²) in [6.07, 6.45) is 4.80. The molecule has 0 aliphatic heterocycles. The van der Waals surface area contributed by atoms with Crippen molar-refractivity contribution < 1.29 is 5.11 Å². The van der Waals surface area contributed by atoms with Gasteiger partial charge in [-0.3, -0.25) is 0 Å². The van der Waals surface area contributed by atoms with Gasteiger partial charge in [0.05, 0.1) is 6.10 Å². The molecule has 1 aliphatic carbocycles. The number of aliphatic hydroxyl groups excluding tert-OH is 1. The Kier molecular flexibility index (Phi) is 3.83. The first-order chi connectivity index (χ1) is 7.77. The third-order valence-electron chi connectivity index (χ3n) is 3.60. The predicted octanol–water partition coefficient (Wildman–Crippen LogP) is 2.67. The Morgan fingerprint density at radius 2 is 1.88 bits per heavy atom. The maximum atomic E-state index is 10.1. The van der Waals surface area contributed by atoms with Crippen LogP contribution in [0.4, 0.5) is 5.69 Å². The number of para-hydroxylation sites is 1. The molecule has 0 bridgehead atoms. The van der Waals surface area contributed by atoms with Crippen molar-refractivity contribution in [2.45, 2.75) is 31.8 Å². The van der Waals surface area contributed by atoms with E-state index in [1.165, 1.54) is 31.4 Å². The van der Waals surface area contributed by atoms with Crippen LogP contribution in [0.15, 0.2) is 30.3 Å². The summed E-state index contributed by atoms with van der Waals surface area (Å²) in [6.45, 7) is 0.745. The minimum atomic E-state index is -0.173. The fourth-order valence-corrected chi connectivity index (χ4v) is 2.56. The number of aliphatic hydroxyl groups is 1. The quantitative estimate of drug-likeness (QED) is 0.841. The van der Waals surface area contributed by atoms with E-state index in [0.29, 0.717) is 5.92 Å². The van der Waals surface area contributed by atoms with Gasteiger partial charge in [0, 0.05) is 19.3 Å². The Hall–Kier alpha value is -1.02. The summed E-state index contributed by atoms with van der Waals surface area (Å²) in [4.78, 5) is 2.14. The molecule has 1 unspecified atom stereocenters. The van der Waals surface area contributed by atoms with Gasteiger partial charge in [0.1, 0.15) is 0 Å². The fraction of sp³-hybridized carbons (Fsp3) is 0.571. The van der Waals surface area contributed by atoms with Gasteiger partial charge in [-0.05, 0) is 30.9 Å². The average Bonchev–Trinajstić information content (AvgIpc) is 2.83. The lowest BCUT2D eigenvalue weighted by atomic mass is 10.0. The van der Waals surface area contributed by atoms with Crippen LogP contribution in [-0.4, -0.2) is 24.8 Å². The number of hydrogen-bond acceptors (Lipinski definition) is 2. The molecule has 1 atom stereocenters. The van der Waals surface area contributed by atoms with Gasteiger partial charge in [0.2, 0.25) is 0 Å². The van der Waals surface area contributed by atoms with Gasteiger partial charge < -0.3 is 10.0 Å². The maximum absolute atomic E-state index is 10.1. The number of hydrogen-bond donors (Lipinski definition) is 1. The number of nitrogens with zero attached hydrogens (tertiary/aromatic N) is 1. The molecular formula is C14H21NO. The number of rotatable bonds is 4. The first-order valence-corrected chi connectivity index (χ1v) is 6.21. The zero-order valence-electron chi connectivity index (χ0n) is 9.97. The molecule has 1 saturated carbocycles. The predicted molar refractivity (Wildman–Crippen MR) is 67.7 cm³/mol. The molecule has 0 amide bonds. The van der Waals surface area contributed by atoms with Crippen LogP contribution >= 0.6 is 0 Å². The van der Waals surface area contributed by atoms with Gasteiger partial charge in [-0.15, -0.1) is 0 Å². The highest BCUT2D eigenvalue weighted by atomic mass is 16.3. The topological polar surface area (TPSA) is 23.5 Å². The maximum Gasteiger partial charge on any atom is 0.0743 e. The zero-order chi connectivity index (χ0) is 11.4. The van der Waals surface area contributed by atoms with Gasteiger partial charge in [-0.2, -0.15) is 0 Å². The smallest absolute Gasteiger partial charge is 0.0743 e. The minimum Gasteiger partial charge on any atom is -0.391 e. The summed E-state index contributed by atoms with van der Waals surface area (Å²) >= 11 is 0. The molecule has 16 heavy (non-hydrogen) atoms. The van der Waals surface area contributed by atoms with E-state index >= 15 is 0 Å². The molecule has 88 valence electrons. The van der Waals surface area contributed by atoms with E-state index in [4.69, 9.17) is 0 Å². The van der Waals surface area contributed by atoms with E-state index in [0.717, 1.165) is 6.54 Å². The van der Waals surface area contributed by atoms with Gasteiger partial charge in [-0.25, -0.2) is 0 Å². The van der Waals surface area contributed by atoms with Crippen molar-refractivity contribution in [3.05, 3.63) is 30.3 Å². The number of anilines is 1. The van der Waals surface area contributed by atoms with E-state index in [2.05, 4.69) is 17.0 Å². The Labute approximate surface area is 97.9 Å². The van der Waals surface area contributed by atoms with Gasteiger partial charge in [0.15, 0.2) is 0 Å². The van der Waals surface area contributed by atoms with E-state index in [9.17, 15) is 5.11 Å². The molecule has 0 radical (unpaired) electrons. The molecule has 0 spiro atoms. The summed E-state index contributed by atoms with van der Waals surface area (Å²) in [7, 11) is 2.05. The second-order valence-corrected chi connectivity index (χ2v) is 4.83. The van der Waals surface area contributed by atoms with Crippen molar-refractivity contribution in [1.29, 1.82) is 0 Å². The highest BCUT2D eigenvalue weighted by molar-refractivity contribution is 5.45. The number of benzene rings is 1. The molecule has 1 fully saturated rings. The first kappa shape index (κ1) is 11.5. The van der Waals surface area contributed by atoms with Crippen molar-refractivity contribution in [2.75, 3.05) is 18.5 Å². The van der Waals surface area contributed by atoms with Crippen molar-refractivity contribution in [2.24, 2.45) is 5.92 Å². The minimum absolute atomic E-state index is 0.173. The zero-order valence-corrected chi connectivity index (χ0v) is 9.97. The first-order valence-electron chi connectivity index (χ1n) is 6.21. The molecule has 2 rings (SSSR count). The van der Waals surface area contributed by atoms with E-state index in [1.807, 2.05) is 25.2 Å². The third-order valence-corrected chi connectivity index (χ3v) is 3.60. The Morgan fingerprint density at radius 1 is 1.25 bits per heavy atom. The lowest BCUT2D eigenvalue weighted by Gasteiger charge is -2.26. The van der Waals surface area contributed by atoms with Crippen molar-refractivity contribution in [3.63, 3.8) is 0 Å². The molecule has 1 aliphatic rings. The van der Waals surface area contributed by atoms with Crippen molar-refractivity contribution >= 4 is 5.69 Å². The second-order valence-electron chi connectivity index (χ2n) is 4.83. The molecule has 2 heteroatoms. The van der Waals surface area contributed by atoms with Gasteiger partial charge in [-0.1, -0.05) is 31.0 Å². The summed E-state index contributed by atoms with van der Waals surface area (Å²) in [5.74, 6) is 0.520. The van der Waals surface area contributed by atoms with Gasteiger partial charge >= 0.3 is 0 Å². The van der Waals surface area contributed by atoms with E-state index in [1.54, 1.807) is 0 Å². The van der Waals surface area contributed by atoms with Crippen LogP contribution in [0.3, 0.4) is 0 Å². The molecule has 1 aromatic carbocycles. The normalized spacial score (nSPS) is 18.6. The van der Waals surface area contributed by atoms with Gasteiger partial charge in [0.25, 0.3) is 0 Å². The third kappa shape index (κ3) is 2.76. The molecular weight excluding hydrogens is 198 g/mol. The van der Waals surface area contributed by atoms with Crippen LogP contribution in [0.5, 0.6) is 0 Å². The lowest BCUT2D eigenvalue weighted by Crippen LogP contribution is -2.33. The summed E-state index contributed by atoms with van der Waals surface area (Å²) < 4.78 is 0. The highest BCUT2D eigenvalue weighted by Crippen LogP contribution is 2.28. The van der Waals surface area contributed by atoms with Crippen molar-refractivity contribution in [3.8, 4) is 0 Å². The molecule has 0 aromatic heterocycles. The lowest BCUT2D eigenvalue weighted by molar-refractivity contribution is 0.117. The van der Waals surface area contributed by atoms with Crippen LogP contribution < -0.4 is 4.90 Å². The Bertz CT molecular complexity index is 306. The second kappa shape index (κ2) is 5.35. The SMILES string of the molecule is CN(CC(O)C1CCCC1)c1ccccc1. The largest absolute Gasteiger partial charge is 0.391 e. The summed E-state index contributed by atoms with van der Waals surface area (Å²) in [5, 5.41) is 10.1. The number of likely N-dealkylation sites (N-methyl/N-ethyl adjacent to an activating group) is 1. The van der Waals surface area contributed by atoms with Crippen LogP contribution in [0.25, 0.3) is 0 Å². The monoisotopic (exact) mass is 219 g/mol. The van der Waals surface area contributed by atoms with Crippen molar-refractivity contribution in [1.82, 2.24) is 0 Å². The van der Waals surface area contributed by atoms with E-state index in [-0.39, 0.29) is 6.10 Å².